The fourth-order valence-corrected chi connectivity index (χ4v) is 4.34. The van der Waals surface area contributed by atoms with Crippen LogP contribution in [0.15, 0.2) is 28.0 Å². The molecule has 0 unspecified atom stereocenters. The first-order chi connectivity index (χ1) is 15.4. The summed E-state index contributed by atoms with van der Waals surface area (Å²) >= 11 is 1.31. The van der Waals surface area contributed by atoms with Gasteiger partial charge < -0.3 is 14.1 Å². The average Bonchev–Trinajstić information content (AvgIpc) is 3.38. The number of oxazole rings is 1. The molecule has 32 heavy (non-hydrogen) atoms. The van der Waals surface area contributed by atoms with Crippen LogP contribution in [0.5, 0.6) is 0 Å². The first-order valence-electron chi connectivity index (χ1n) is 10.1. The van der Waals surface area contributed by atoms with Gasteiger partial charge in [0.25, 0.3) is 5.91 Å². The van der Waals surface area contributed by atoms with E-state index in [1.165, 1.54) is 18.4 Å². The number of carbonyl (C=O) groups excluding carboxylic acids is 3. The minimum absolute atomic E-state index is 0.00856. The SMILES string of the molecule is COC(=O)CCN1C(=O)CCc2cc(-c3csc(NC(=O)c4oc(C)nc4C)n3)ccc21. The van der Waals surface area contributed by atoms with Crippen molar-refractivity contribution < 1.29 is 23.5 Å². The summed E-state index contributed by atoms with van der Waals surface area (Å²) in [6.07, 6.45) is 1.14. The van der Waals surface area contributed by atoms with Gasteiger partial charge in [-0.2, -0.15) is 0 Å². The van der Waals surface area contributed by atoms with Crippen molar-refractivity contribution in [1.29, 1.82) is 0 Å². The van der Waals surface area contributed by atoms with E-state index in [2.05, 4.69) is 20.0 Å². The fourth-order valence-electron chi connectivity index (χ4n) is 3.63. The van der Waals surface area contributed by atoms with Gasteiger partial charge in [0.15, 0.2) is 11.0 Å². The normalized spacial score (nSPS) is 13.1. The molecule has 9 nitrogen and oxygen atoms in total. The van der Waals surface area contributed by atoms with Crippen LogP contribution < -0.4 is 10.2 Å². The van der Waals surface area contributed by atoms with E-state index in [1.54, 1.807) is 18.7 Å². The second-order valence-corrected chi connectivity index (χ2v) is 8.21. The number of carbonyl (C=O) groups is 3. The van der Waals surface area contributed by atoms with Crippen LogP contribution >= 0.6 is 11.3 Å². The number of hydrogen-bond acceptors (Lipinski definition) is 8. The van der Waals surface area contributed by atoms with Crippen molar-refractivity contribution in [3.63, 3.8) is 0 Å². The molecule has 10 heteroatoms. The molecule has 0 atom stereocenters. The standard InChI is InChI=1S/C22H22N4O5S/c1-12-20(31-13(2)23-12)21(29)25-22-24-16(11-32-22)14-4-6-17-15(10-14)5-7-18(27)26(17)9-8-19(28)30-3/h4,6,10-11H,5,7-9H2,1-3H3,(H,24,25,29). The van der Waals surface area contributed by atoms with Crippen molar-refractivity contribution in [2.45, 2.75) is 33.1 Å². The summed E-state index contributed by atoms with van der Waals surface area (Å²) in [6.45, 7) is 3.68. The molecule has 3 aromatic rings. The third-order valence-corrected chi connectivity index (χ3v) is 5.93. The van der Waals surface area contributed by atoms with Gasteiger partial charge in [0.1, 0.15) is 0 Å². The smallest absolute Gasteiger partial charge is 0.307 e. The maximum Gasteiger partial charge on any atom is 0.307 e. The van der Waals surface area contributed by atoms with Crippen molar-refractivity contribution >= 4 is 39.9 Å². The van der Waals surface area contributed by atoms with Crippen LogP contribution in [0.3, 0.4) is 0 Å². The number of aromatic nitrogens is 2. The molecule has 166 valence electrons. The molecule has 2 amide bonds. The van der Waals surface area contributed by atoms with Crippen molar-refractivity contribution in [3.05, 3.63) is 46.5 Å². The quantitative estimate of drug-likeness (QED) is 0.567. The van der Waals surface area contributed by atoms with Crippen LogP contribution in [0.4, 0.5) is 10.8 Å². The summed E-state index contributed by atoms with van der Waals surface area (Å²) in [6, 6.07) is 5.75. The zero-order valence-corrected chi connectivity index (χ0v) is 18.7. The van der Waals surface area contributed by atoms with Crippen molar-refractivity contribution in [2.24, 2.45) is 0 Å². The van der Waals surface area contributed by atoms with Crippen LogP contribution in [0.1, 0.15) is 40.5 Å². The number of aryl methyl sites for hydroxylation is 3. The van der Waals surface area contributed by atoms with Gasteiger partial charge in [-0.1, -0.05) is 6.07 Å². The Morgan fingerprint density at radius 2 is 2.06 bits per heavy atom. The number of anilines is 2. The van der Waals surface area contributed by atoms with E-state index in [0.717, 1.165) is 22.5 Å². The van der Waals surface area contributed by atoms with Crippen molar-refractivity contribution in [2.75, 3.05) is 23.9 Å². The molecule has 4 rings (SSSR count). The maximum atomic E-state index is 12.4. The molecule has 3 heterocycles. The number of thiazole rings is 1. The number of hydrogen-bond donors (Lipinski definition) is 1. The molecule has 0 radical (unpaired) electrons. The lowest BCUT2D eigenvalue weighted by Gasteiger charge is -2.29. The minimum Gasteiger partial charge on any atom is -0.469 e. The number of ether oxygens (including phenoxy) is 1. The summed E-state index contributed by atoms with van der Waals surface area (Å²) in [5.41, 5.74) is 3.94. The Morgan fingerprint density at radius 1 is 1.25 bits per heavy atom. The number of methoxy groups -OCH3 is 1. The lowest BCUT2D eigenvalue weighted by Crippen LogP contribution is -2.36. The number of esters is 1. The molecule has 0 bridgehead atoms. The number of fused-ring (bicyclic) bond motifs is 1. The number of benzene rings is 1. The van der Waals surface area contributed by atoms with Gasteiger partial charge in [-0.15, -0.1) is 11.3 Å². The summed E-state index contributed by atoms with van der Waals surface area (Å²) in [4.78, 5) is 46.6. The topological polar surface area (TPSA) is 115 Å². The Morgan fingerprint density at radius 3 is 2.78 bits per heavy atom. The van der Waals surface area contributed by atoms with Gasteiger partial charge in [0.05, 0.1) is 24.9 Å². The molecule has 0 aliphatic carbocycles. The fraction of sp³-hybridized carbons (Fsp3) is 0.318. The summed E-state index contributed by atoms with van der Waals surface area (Å²) < 4.78 is 10.0. The second kappa shape index (κ2) is 8.91. The first-order valence-corrected chi connectivity index (χ1v) is 10.9. The van der Waals surface area contributed by atoms with Crippen molar-refractivity contribution in [3.8, 4) is 11.3 Å². The van der Waals surface area contributed by atoms with E-state index in [1.807, 2.05) is 23.6 Å². The zero-order chi connectivity index (χ0) is 22.8. The van der Waals surface area contributed by atoms with Gasteiger partial charge in [-0.25, -0.2) is 9.97 Å². The third kappa shape index (κ3) is 4.40. The van der Waals surface area contributed by atoms with E-state index >= 15 is 0 Å². The Balaban J connectivity index is 1.51. The van der Waals surface area contributed by atoms with E-state index in [9.17, 15) is 14.4 Å². The average molecular weight is 455 g/mol. The summed E-state index contributed by atoms with van der Waals surface area (Å²) in [5, 5.41) is 5.06. The first kappa shape index (κ1) is 21.7. The number of amides is 2. The van der Waals surface area contributed by atoms with E-state index in [0.29, 0.717) is 29.6 Å². The highest BCUT2D eigenvalue weighted by molar-refractivity contribution is 7.14. The predicted octanol–water partition coefficient (Wildman–Crippen LogP) is 3.51. The lowest BCUT2D eigenvalue weighted by molar-refractivity contribution is -0.140. The number of rotatable bonds is 6. The van der Waals surface area contributed by atoms with Crippen LogP contribution in [-0.4, -0.2) is 41.4 Å². The second-order valence-electron chi connectivity index (χ2n) is 7.35. The van der Waals surface area contributed by atoms with Gasteiger partial charge in [0.2, 0.25) is 11.7 Å². The van der Waals surface area contributed by atoms with Crippen molar-refractivity contribution in [1.82, 2.24) is 9.97 Å². The minimum atomic E-state index is -0.394. The molecule has 0 saturated carbocycles. The molecule has 1 aliphatic heterocycles. The highest BCUT2D eigenvalue weighted by Crippen LogP contribution is 2.33. The van der Waals surface area contributed by atoms with Crippen LogP contribution in [0.25, 0.3) is 11.3 Å². The highest BCUT2D eigenvalue weighted by Gasteiger charge is 2.25. The zero-order valence-electron chi connectivity index (χ0n) is 17.9. The van der Waals surface area contributed by atoms with Gasteiger partial charge in [-0.05, 0) is 31.0 Å². The number of nitrogens with one attached hydrogen (secondary N) is 1. The van der Waals surface area contributed by atoms with Gasteiger partial charge in [0, 0.05) is 36.5 Å². The highest BCUT2D eigenvalue weighted by atomic mass is 32.1. The number of nitrogens with zero attached hydrogens (tertiary/aromatic N) is 3. The van der Waals surface area contributed by atoms with E-state index < -0.39 is 5.91 Å². The van der Waals surface area contributed by atoms with Crippen LogP contribution in [0, 0.1) is 13.8 Å². The van der Waals surface area contributed by atoms with E-state index in [4.69, 9.17) is 4.42 Å². The van der Waals surface area contributed by atoms with Gasteiger partial charge in [-0.3, -0.25) is 19.7 Å². The van der Waals surface area contributed by atoms with Crippen LogP contribution in [0.2, 0.25) is 0 Å². The Bertz CT molecular complexity index is 1200. The molecule has 1 aromatic carbocycles. The molecule has 1 N–H and O–H groups in total. The molecular formula is C22H22N4O5S. The Labute approximate surface area is 188 Å². The van der Waals surface area contributed by atoms with E-state index in [-0.39, 0.29) is 30.6 Å². The maximum absolute atomic E-state index is 12.4. The summed E-state index contributed by atoms with van der Waals surface area (Å²) in [5.74, 6) is -0.153. The molecule has 2 aromatic heterocycles. The lowest BCUT2D eigenvalue weighted by atomic mass is 9.97. The Kier molecular flexibility index (Phi) is 6.04. The largest absolute Gasteiger partial charge is 0.469 e. The molecule has 1 aliphatic rings. The molecule has 0 fully saturated rings. The third-order valence-electron chi connectivity index (χ3n) is 5.18. The molecule has 0 saturated heterocycles. The summed E-state index contributed by atoms with van der Waals surface area (Å²) in [7, 11) is 1.33. The predicted molar refractivity (Wildman–Crippen MR) is 119 cm³/mol. The van der Waals surface area contributed by atoms with Gasteiger partial charge >= 0.3 is 5.97 Å². The Hall–Kier alpha value is -3.53. The van der Waals surface area contributed by atoms with Crippen LogP contribution in [-0.2, 0) is 20.7 Å². The molecular weight excluding hydrogens is 432 g/mol. The molecule has 0 spiro atoms. The monoisotopic (exact) mass is 454 g/mol.